The summed E-state index contributed by atoms with van der Waals surface area (Å²) in [6, 6.07) is 17.6. The van der Waals surface area contributed by atoms with Gasteiger partial charge in [-0.05, 0) is 87.3 Å². The van der Waals surface area contributed by atoms with Crippen LogP contribution in [0.15, 0.2) is 67.3 Å². The summed E-state index contributed by atoms with van der Waals surface area (Å²) in [5.74, 6) is 0. The van der Waals surface area contributed by atoms with Gasteiger partial charge in [-0.15, -0.1) is 0 Å². The largest absolute Gasteiger partial charge is 0.399 e. The van der Waals surface area contributed by atoms with E-state index in [-0.39, 0.29) is 0 Å². The van der Waals surface area contributed by atoms with Gasteiger partial charge in [0.25, 0.3) is 0 Å². The fourth-order valence-electron chi connectivity index (χ4n) is 5.53. The molecule has 2 aliphatic heterocycles. The number of nitrogens with two attached hydrogens (primary N) is 2. The standard InChI is InChI=1S/C29H43N8/c30-24-3-7-28(8-4-24)36-17-11-26(21-36)32-13-1-15-34-19-20-35(23-34)16-2-14-33-27-12-18-37(22-27)29-9-5-25(31)6-10-29/h3-10,19-20,23,26-27,32-33H,1-2,11-18,21-22,30-31H2/q+1. The van der Waals surface area contributed by atoms with Gasteiger partial charge in [-0.25, -0.2) is 9.13 Å². The minimum Gasteiger partial charge on any atom is -0.399 e. The number of nitrogens with one attached hydrogen (secondary N) is 2. The van der Waals surface area contributed by atoms with Gasteiger partial charge in [0.1, 0.15) is 12.4 Å². The first kappa shape index (κ1) is 25.4. The van der Waals surface area contributed by atoms with Gasteiger partial charge >= 0.3 is 0 Å². The van der Waals surface area contributed by atoms with Crippen molar-refractivity contribution in [2.45, 2.75) is 50.9 Å². The maximum Gasteiger partial charge on any atom is 0.243 e. The van der Waals surface area contributed by atoms with E-state index >= 15 is 0 Å². The molecule has 0 radical (unpaired) electrons. The van der Waals surface area contributed by atoms with E-state index in [1.807, 2.05) is 24.3 Å². The van der Waals surface area contributed by atoms with Crippen molar-refractivity contribution in [3.8, 4) is 0 Å². The van der Waals surface area contributed by atoms with E-state index in [0.717, 1.165) is 76.6 Å². The Kier molecular flexibility index (Phi) is 8.48. The molecular weight excluding hydrogens is 460 g/mol. The van der Waals surface area contributed by atoms with Gasteiger partial charge in [0.05, 0.1) is 13.1 Å². The van der Waals surface area contributed by atoms with Crippen molar-refractivity contribution < 1.29 is 4.57 Å². The lowest BCUT2D eigenvalue weighted by molar-refractivity contribution is -0.696. The van der Waals surface area contributed by atoms with Crippen molar-refractivity contribution in [1.29, 1.82) is 0 Å². The quantitative estimate of drug-likeness (QED) is 0.172. The fraction of sp³-hybridized carbons (Fsp3) is 0.483. The predicted octanol–water partition coefficient (Wildman–Crippen LogP) is 2.46. The number of aryl methyl sites for hydroxylation is 2. The van der Waals surface area contributed by atoms with Crippen molar-refractivity contribution >= 4 is 22.7 Å². The zero-order valence-corrected chi connectivity index (χ0v) is 21.9. The Hall–Kier alpha value is -3.23. The second-order valence-corrected chi connectivity index (χ2v) is 10.6. The Morgan fingerprint density at radius 2 is 1.30 bits per heavy atom. The van der Waals surface area contributed by atoms with Crippen LogP contribution in [-0.2, 0) is 13.1 Å². The Morgan fingerprint density at radius 1 is 0.757 bits per heavy atom. The topological polar surface area (TPSA) is 91.4 Å². The molecule has 8 nitrogen and oxygen atoms in total. The Bertz CT molecular complexity index is 1010. The maximum absolute atomic E-state index is 5.82. The molecular formula is C29H43N8+. The molecule has 0 bridgehead atoms. The smallest absolute Gasteiger partial charge is 0.243 e. The van der Waals surface area contributed by atoms with E-state index in [9.17, 15) is 0 Å². The molecule has 198 valence electrons. The van der Waals surface area contributed by atoms with Crippen LogP contribution in [0.1, 0.15) is 25.7 Å². The van der Waals surface area contributed by atoms with Gasteiger partial charge < -0.3 is 31.9 Å². The maximum atomic E-state index is 5.82. The van der Waals surface area contributed by atoms with E-state index in [1.54, 1.807) is 0 Å². The first-order chi connectivity index (χ1) is 18.1. The van der Waals surface area contributed by atoms with Crippen LogP contribution in [0.5, 0.6) is 0 Å². The van der Waals surface area contributed by atoms with Crippen molar-refractivity contribution in [1.82, 2.24) is 15.2 Å². The molecule has 2 saturated heterocycles. The Balaban J connectivity index is 0.929. The van der Waals surface area contributed by atoms with Crippen LogP contribution < -0.4 is 36.5 Å². The van der Waals surface area contributed by atoms with Crippen LogP contribution in [0.4, 0.5) is 22.7 Å². The number of benzene rings is 2. The second kappa shape index (κ2) is 12.3. The summed E-state index contributed by atoms with van der Waals surface area (Å²) in [7, 11) is 0. The summed E-state index contributed by atoms with van der Waals surface area (Å²) >= 11 is 0. The number of hydrogen-bond donors (Lipinski definition) is 4. The number of aromatic nitrogens is 2. The zero-order chi connectivity index (χ0) is 25.5. The molecule has 37 heavy (non-hydrogen) atoms. The lowest BCUT2D eigenvalue weighted by Gasteiger charge is -2.19. The third-order valence-electron chi connectivity index (χ3n) is 7.69. The van der Waals surface area contributed by atoms with Crippen LogP contribution in [-0.4, -0.2) is 55.9 Å². The van der Waals surface area contributed by atoms with Crippen LogP contribution >= 0.6 is 0 Å². The van der Waals surface area contributed by atoms with Gasteiger partial charge in [0.15, 0.2) is 0 Å². The highest BCUT2D eigenvalue weighted by molar-refractivity contribution is 5.54. The average Bonchev–Trinajstić information content (AvgIpc) is 3.67. The van der Waals surface area contributed by atoms with Crippen molar-refractivity contribution in [3.05, 3.63) is 67.3 Å². The highest BCUT2D eigenvalue weighted by atomic mass is 15.2. The van der Waals surface area contributed by atoms with Crippen LogP contribution in [0.3, 0.4) is 0 Å². The van der Waals surface area contributed by atoms with E-state index < -0.39 is 0 Å². The summed E-state index contributed by atoms with van der Waals surface area (Å²) < 4.78 is 4.62. The Labute approximate surface area is 221 Å². The van der Waals surface area contributed by atoms with Crippen molar-refractivity contribution in [3.63, 3.8) is 0 Å². The summed E-state index contributed by atoms with van der Waals surface area (Å²) in [4.78, 5) is 4.90. The van der Waals surface area contributed by atoms with Gasteiger partial charge in [-0.2, -0.15) is 0 Å². The van der Waals surface area contributed by atoms with Crippen molar-refractivity contribution in [2.24, 2.45) is 0 Å². The summed E-state index contributed by atoms with van der Waals surface area (Å²) in [6.45, 7) is 8.56. The second-order valence-electron chi connectivity index (χ2n) is 10.6. The minimum absolute atomic E-state index is 0.568. The minimum atomic E-state index is 0.568. The monoisotopic (exact) mass is 503 g/mol. The Morgan fingerprint density at radius 3 is 1.86 bits per heavy atom. The summed E-state index contributed by atoms with van der Waals surface area (Å²) in [6.07, 6.45) is 11.3. The summed E-state index contributed by atoms with van der Waals surface area (Å²) in [5.41, 5.74) is 15.8. The molecule has 0 spiro atoms. The third-order valence-corrected chi connectivity index (χ3v) is 7.69. The molecule has 2 fully saturated rings. The van der Waals surface area contributed by atoms with Gasteiger partial charge in [-0.1, -0.05) is 0 Å². The molecule has 0 saturated carbocycles. The molecule has 2 aliphatic rings. The molecule has 2 aromatic carbocycles. The zero-order valence-electron chi connectivity index (χ0n) is 21.9. The summed E-state index contributed by atoms with van der Waals surface area (Å²) in [5, 5.41) is 7.50. The van der Waals surface area contributed by atoms with E-state index in [0.29, 0.717) is 12.1 Å². The predicted molar refractivity (Wildman–Crippen MR) is 153 cm³/mol. The first-order valence-electron chi connectivity index (χ1n) is 13.8. The first-order valence-corrected chi connectivity index (χ1v) is 13.8. The molecule has 5 rings (SSSR count). The van der Waals surface area contributed by atoms with Crippen LogP contribution in [0.2, 0.25) is 0 Å². The number of nitrogen functional groups attached to an aromatic ring is 2. The molecule has 1 aromatic heterocycles. The van der Waals surface area contributed by atoms with Gasteiger partial charge in [0.2, 0.25) is 6.33 Å². The highest BCUT2D eigenvalue weighted by Gasteiger charge is 2.23. The van der Waals surface area contributed by atoms with Gasteiger partial charge in [-0.3, -0.25) is 0 Å². The number of rotatable bonds is 12. The molecule has 6 N–H and O–H groups in total. The molecule has 0 aliphatic carbocycles. The third kappa shape index (κ3) is 7.17. The van der Waals surface area contributed by atoms with E-state index in [2.05, 4.69) is 72.6 Å². The lowest BCUT2D eigenvalue weighted by Crippen LogP contribution is -2.37. The van der Waals surface area contributed by atoms with E-state index in [4.69, 9.17) is 11.5 Å². The highest BCUT2D eigenvalue weighted by Crippen LogP contribution is 2.22. The van der Waals surface area contributed by atoms with Gasteiger partial charge in [0, 0.05) is 61.0 Å². The molecule has 3 aromatic rings. The molecule has 2 atom stereocenters. The fourth-order valence-corrected chi connectivity index (χ4v) is 5.53. The molecule has 2 unspecified atom stereocenters. The number of imidazole rings is 1. The van der Waals surface area contributed by atoms with E-state index in [1.165, 1.54) is 24.2 Å². The molecule has 3 heterocycles. The van der Waals surface area contributed by atoms with Crippen LogP contribution in [0.25, 0.3) is 0 Å². The lowest BCUT2D eigenvalue weighted by atomic mass is 10.2. The average molecular weight is 504 g/mol. The van der Waals surface area contributed by atoms with Crippen LogP contribution in [0, 0.1) is 0 Å². The molecule has 8 heteroatoms. The molecule has 0 amide bonds. The van der Waals surface area contributed by atoms with Crippen molar-refractivity contribution in [2.75, 3.05) is 60.5 Å². The number of nitrogens with zero attached hydrogens (tertiary/aromatic N) is 4. The number of anilines is 4. The normalized spacial score (nSPS) is 19.7. The number of hydrogen-bond acceptors (Lipinski definition) is 6. The SMILES string of the molecule is Nc1ccc(N2CCC(NCCCn3cc[n+](CCCNC4CCN(c5ccc(N)cc5)C4)c3)C2)cc1.